The third-order valence-corrected chi connectivity index (χ3v) is 2.99. The molecule has 2 aromatic rings. The van der Waals surface area contributed by atoms with Gasteiger partial charge in [-0.2, -0.15) is 0 Å². The first kappa shape index (κ1) is 14.8. The highest BCUT2D eigenvalue weighted by Crippen LogP contribution is 2.20. The molecule has 112 valence electrons. The van der Waals surface area contributed by atoms with Crippen molar-refractivity contribution in [3.8, 4) is 0 Å². The van der Waals surface area contributed by atoms with Gasteiger partial charge in [0.25, 0.3) is 5.69 Å². The van der Waals surface area contributed by atoms with Gasteiger partial charge in [0.15, 0.2) is 0 Å². The number of pyridine rings is 1. The number of rotatable bonds is 8. The molecule has 2 N–H and O–H groups in total. The quantitative estimate of drug-likeness (QED) is 0.439. The van der Waals surface area contributed by atoms with Crippen molar-refractivity contribution in [2.75, 3.05) is 24.2 Å². The average Bonchev–Trinajstić information content (AvgIpc) is 2.99. The Kier molecular flexibility index (Phi) is 5.08. The van der Waals surface area contributed by atoms with Gasteiger partial charge in [0.2, 0.25) is 0 Å². The Labute approximate surface area is 122 Å². The van der Waals surface area contributed by atoms with E-state index in [9.17, 15) is 10.1 Å². The van der Waals surface area contributed by atoms with E-state index in [0.717, 1.165) is 19.4 Å². The summed E-state index contributed by atoms with van der Waals surface area (Å²) in [6, 6.07) is 2.85. The van der Waals surface area contributed by atoms with Gasteiger partial charge in [0, 0.05) is 32.5 Å². The Balaban J connectivity index is 1.82. The summed E-state index contributed by atoms with van der Waals surface area (Å²) in [5.41, 5.74) is 0.0234. The van der Waals surface area contributed by atoms with Crippen LogP contribution in [0, 0.1) is 10.1 Å². The van der Waals surface area contributed by atoms with Crippen LogP contribution in [0.4, 0.5) is 17.3 Å². The van der Waals surface area contributed by atoms with Gasteiger partial charge in [0.05, 0.1) is 23.4 Å². The maximum atomic E-state index is 10.8. The monoisotopic (exact) mass is 290 g/mol. The maximum absolute atomic E-state index is 10.8. The van der Waals surface area contributed by atoms with Gasteiger partial charge in [-0.3, -0.25) is 10.1 Å². The van der Waals surface area contributed by atoms with Crippen molar-refractivity contribution in [2.24, 2.45) is 0 Å². The zero-order valence-corrected chi connectivity index (χ0v) is 11.8. The SMILES string of the molecule is CNc1cc([N+](=O)[O-])cc(NCCCCn2ccnc2)n1. The molecule has 2 aromatic heterocycles. The van der Waals surface area contributed by atoms with Crippen molar-refractivity contribution in [1.82, 2.24) is 14.5 Å². The largest absolute Gasteiger partial charge is 0.373 e. The van der Waals surface area contributed by atoms with E-state index < -0.39 is 4.92 Å². The molecule has 0 saturated heterocycles. The smallest absolute Gasteiger partial charge is 0.276 e. The van der Waals surface area contributed by atoms with Gasteiger partial charge in [-0.15, -0.1) is 0 Å². The third kappa shape index (κ3) is 4.44. The lowest BCUT2D eigenvalue weighted by atomic mass is 10.3. The summed E-state index contributed by atoms with van der Waals surface area (Å²) in [6.07, 6.45) is 7.41. The van der Waals surface area contributed by atoms with Gasteiger partial charge in [0.1, 0.15) is 11.6 Å². The van der Waals surface area contributed by atoms with E-state index in [1.165, 1.54) is 12.1 Å². The standard InChI is InChI=1S/C13H18N6O2/c1-14-12-8-11(19(20)21)9-13(17-12)16-4-2-3-6-18-7-5-15-10-18/h5,7-10H,2-4,6H2,1H3,(H2,14,16,17). The number of hydrogen-bond donors (Lipinski definition) is 2. The lowest BCUT2D eigenvalue weighted by Gasteiger charge is -2.08. The molecule has 0 aromatic carbocycles. The lowest BCUT2D eigenvalue weighted by Crippen LogP contribution is -2.07. The molecular formula is C13H18N6O2. The summed E-state index contributed by atoms with van der Waals surface area (Å²) in [6.45, 7) is 1.62. The van der Waals surface area contributed by atoms with Crippen molar-refractivity contribution in [3.05, 3.63) is 41.0 Å². The highest BCUT2D eigenvalue weighted by Gasteiger charge is 2.10. The van der Waals surface area contributed by atoms with Gasteiger partial charge >= 0.3 is 0 Å². The molecule has 0 aliphatic rings. The Bertz CT molecular complexity index is 584. The number of unbranched alkanes of at least 4 members (excludes halogenated alkanes) is 1. The van der Waals surface area contributed by atoms with Crippen LogP contribution < -0.4 is 10.6 Å². The number of imidazole rings is 1. The molecule has 0 spiro atoms. The predicted molar refractivity (Wildman–Crippen MR) is 80.4 cm³/mol. The van der Waals surface area contributed by atoms with Crippen LogP contribution >= 0.6 is 0 Å². The molecule has 2 rings (SSSR count). The molecule has 0 bridgehead atoms. The average molecular weight is 290 g/mol. The van der Waals surface area contributed by atoms with E-state index in [-0.39, 0.29) is 5.69 Å². The molecule has 0 unspecified atom stereocenters. The van der Waals surface area contributed by atoms with Crippen LogP contribution in [0.5, 0.6) is 0 Å². The molecule has 8 nitrogen and oxygen atoms in total. The first-order chi connectivity index (χ1) is 10.2. The molecule has 0 radical (unpaired) electrons. The Morgan fingerprint density at radius 2 is 2.14 bits per heavy atom. The van der Waals surface area contributed by atoms with E-state index in [1.54, 1.807) is 19.6 Å². The highest BCUT2D eigenvalue weighted by atomic mass is 16.6. The van der Waals surface area contributed by atoms with Gasteiger partial charge in [-0.05, 0) is 12.8 Å². The Hall–Kier alpha value is -2.64. The Morgan fingerprint density at radius 3 is 2.81 bits per heavy atom. The summed E-state index contributed by atoms with van der Waals surface area (Å²) in [7, 11) is 1.68. The van der Waals surface area contributed by atoms with Crippen LogP contribution in [0.1, 0.15) is 12.8 Å². The van der Waals surface area contributed by atoms with Crippen molar-refractivity contribution in [2.45, 2.75) is 19.4 Å². The molecule has 0 saturated carbocycles. The summed E-state index contributed by atoms with van der Waals surface area (Å²) < 4.78 is 2.02. The number of aromatic nitrogens is 3. The summed E-state index contributed by atoms with van der Waals surface area (Å²) >= 11 is 0. The van der Waals surface area contributed by atoms with E-state index in [0.29, 0.717) is 18.2 Å². The zero-order valence-electron chi connectivity index (χ0n) is 11.8. The second kappa shape index (κ2) is 7.22. The minimum atomic E-state index is -0.424. The second-order valence-electron chi connectivity index (χ2n) is 4.54. The van der Waals surface area contributed by atoms with E-state index in [4.69, 9.17) is 0 Å². The van der Waals surface area contributed by atoms with Crippen LogP contribution in [0.25, 0.3) is 0 Å². The number of hydrogen-bond acceptors (Lipinski definition) is 6. The molecule has 8 heteroatoms. The molecular weight excluding hydrogens is 272 g/mol. The maximum Gasteiger partial charge on any atom is 0.276 e. The van der Waals surface area contributed by atoms with E-state index in [2.05, 4.69) is 20.6 Å². The van der Waals surface area contributed by atoms with Crippen molar-refractivity contribution in [3.63, 3.8) is 0 Å². The van der Waals surface area contributed by atoms with Crippen molar-refractivity contribution < 1.29 is 4.92 Å². The van der Waals surface area contributed by atoms with Crippen LogP contribution in [-0.4, -0.2) is 33.1 Å². The van der Waals surface area contributed by atoms with Crippen LogP contribution in [0.3, 0.4) is 0 Å². The second-order valence-corrected chi connectivity index (χ2v) is 4.54. The predicted octanol–water partition coefficient (Wildman–Crippen LogP) is 2.12. The summed E-state index contributed by atoms with van der Waals surface area (Å²) in [4.78, 5) is 18.6. The van der Waals surface area contributed by atoms with Gasteiger partial charge in [-0.25, -0.2) is 9.97 Å². The normalized spacial score (nSPS) is 10.3. The van der Waals surface area contributed by atoms with Gasteiger partial charge < -0.3 is 15.2 Å². The fourth-order valence-corrected chi connectivity index (χ4v) is 1.90. The topological polar surface area (TPSA) is 97.9 Å². The molecule has 21 heavy (non-hydrogen) atoms. The molecule has 0 atom stereocenters. The molecule has 0 aliphatic heterocycles. The van der Waals surface area contributed by atoms with E-state index >= 15 is 0 Å². The van der Waals surface area contributed by atoms with E-state index in [1.807, 2.05) is 10.8 Å². The first-order valence-electron chi connectivity index (χ1n) is 6.73. The summed E-state index contributed by atoms with van der Waals surface area (Å²) in [5, 5.41) is 16.8. The fraction of sp³-hybridized carbons (Fsp3) is 0.385. The molecule has 0 fully saturated rings. The van der Waals surface area contributed by atoms with Gasteiger partial charge in [-0.1, -0.05) is 0 Å². The lowest BCUT2D eigenvalue weighted by molar-refractivity contribution is -0.384. The Morgan fingerprint density at radius 1 is 1.33 bits per heavy atom. The summed E-state index contributed by atoms with van der Waals surface area (Å²) in [5.74, 6) is 0.987. The number of nitrogens with one attached hydrogen (secondary N) is 2. The highest BCUT2D eigenvalue weighted by molar-refractivity contribution is 5.54. The third-order valence-electron chi connectivity index (χ3n) is 2.99. The number of nitrogens with zero attached hydrogens (tertiary/aromatic N) is 4. The van der Waals surface area contributed by atoms with Crippen LogP contribution in [-0.2, 0) is 6.54 Å². The van der Waals surface area contributed by atoms with Crippen molar-refractivity contribution >= 4 is 17.3 Å². The fourth-order valence-electron chi connectivity index (χ4n) is 1.90. The van der Waals surface area contributed by atoms with Crippen LogP contribution in [0.15, 0.2) is 30.9 Å². The van der Waals surface area contributed by atoms with Crippen LogP contribution in [0.2, 0.25) is 0 Å². The zero-order chi connectivity index (χ0) is 15.1. The molecule has 0 amide bonds. The number of aryl methyl sites for hydroxylation is 1. The van der Waals surface area contributed by atoms with Crippen molar-refractivity contribution in [1.29, 1.82) is 0 Å². The minimum Gasteiger partial charge on any atom is -0.373 e. The molecule has 0 aliphatic carbocycles. The number of nitro groups is 1. The minimum absolute atomic E-state index is 0.0234. The molecule has 2 heterocycles. The first-order valence-corrected chi connectivity index (χ1v) is 6.73. The number of anilines is 2.